The molecule has 0 atom stereocenters. The van der Waals surface area contributed by atoms with Gasteiger partial charge >= 0.3 is 0 Å². The first-order valence-corrected chi connectivity index (χ1v) is 7.59. The number of carbonyl (C=O) groups excluding carboxylic acids is 1. The maximum absolute atomic E-state index is 12.1. The molecule has 1 aromatic heterocycles. The fourth-order valence-corrected chi connectivity index (χ4v) is 2.50. The minimum atomic E-state index is -0.341. The van der Waals surface area contributed by atoms with Gasteiger partial charge in [-0.3, -0.25) is 4.79 Å². The van der Waals surface area contributed by atoms with Crippen molar-refractivity contribution < 1.29 is 9.53 Å². The summed E-state index contributed by atoms with van der Waals surface area (Å²) in [6.45, 7) is 4.06. The van der Waals surface area contributed by atoms with Crippen LogP contribution in [0.3, 0.4) is 0 Å². The van der Waals surface area contributed by atoms with E-state index in [1.54, 1.807) is 25.3 Å². The van der Waals surface area contributed by atoms with E-state index in [1.165, 1.54) is 11.3 Å². The van der Waals surface area contributed by atoms with Gasteiger partial charge in [0.15, 0.2) is 5.13 Å². The van der Waals surface area contributed by atoms with E-state index in [0.29, 0.717) is 28.7 Å². The highest BCUT2D eigenvalue weighted by Crippen LogP contribution is 2.20. The minimum Gasteiger partial charge on any atom is -0.497 e. The maximum Gasteiger partial charge on any atom is 0.238 e. The van der Waals surface area contributed by atoms with Gasteiger partial charge in [-0.05, 0) is 37.8 Å². The molecule has 0 bridgehead atoms. The molecule has 0 saturated carbocycles. The van der Waals surface area contributed by atoms with Gasteiger partial charge in [0.2, 0.25) is 5.78 Å². The molecular formula is C16H17N3O2S. The minimum absolute atomic E-state index is 0.299. The lowest BCUT2D eigenvalue weighted by Gasteiger charge is -2.04. The molecule has 1 aromatic carbocycles. The molecular weight excluding hydrogens is 298 g/mol. The predicted molar refractivity (Wildman–Crippen MR) is 89.5 cm³/mol. The van der Waals surface area contributed by atoms with Crippen LogP contribution in [0.1, 0.15) is 29.9 Å². The van der Waals surface area contributed by atoms with E-state index < -0.39 is 0 Å². The Labute approximate surface area is 133 Å². The number of nitrogens with zero attached hydrogens (tertiary/aromatic N) is 1. The van der Waals surface area contributed by atoms with Gasteiger partial charge in [-0.15, -0.1) is 11.3 Å². The Balaban J connectivity index is 2.14. The largest absolute Gasteiger partial charge is 0.497 e. The topological polar surface area (TPSA) is 77.2 Å². The van der Waals surface area contributed by atoms with Crippen molar-refractivity contribution in [1.29, 1.82) is 0 Å². The molecule has 0 aliphatic carbocycles. The third kappa shape index (κ3) is 3.99. The second-order valence-electron chi connectivity index (χ2n) is 4.87. The second kappa shape index (κ2) is 6.96. The normalized spacial score (nSPS) is 10.0. The lowest BCUT2D eigenvalue weighted by Crippen LogP contribution is -2.09. The smallest absolute Gasteiger partial charge is 0.238 e. The van der Waals surface area contributed by atoms with E-state index in [9.17, 15) is 4.79 Å². The first kappa shape index (κ1) is 15.9. The number of aromatic nitrogens is 1. The Morgan fingerprint density at radius 1 is 1.45 bits per heavy atom. The molecule has 2 rings (SSSR count). The Morgan fingerprint density at radius 2 is 2.23 bits per heavy atom. The van der Waals surface area contributed by atoms with Crippen molar-refractivity contribution in [1.82, 2.24) is 4.98 Å². The van der Waals surface area contributed by atoms with E-state index in [1.807, 2.05) is 19.2 Å². The van der Waals surface area contributed by atoms with Crippen LogP contribution in [0.15, 0.2) is 23.6 Å². The number of thiazole rings is 1. The average molecular weight is 315 g/mol. The van der Waals surface area contributed by atoms with Crippen LogP contribution in [-0.4, -0.2) is 23.9 Å². The number of nitrogen functional groups attached to an aromatic ring is 1. The summed E-state index contributed by atoms with van der Waals surface area (Å²) in [4.78, 5) is 16.4. The molecule has 0 spiro atoms. The summed E-state index contributed by atoms with van der Waals surface area (Å²) in [5.41, 5.74) is 7.11. The highest BCUT2D eigenvalue weighted by Gasteiger charge is 2.08. The van der Waals surface area contributed by atoms with Gasteiger partial charge < -0.3 is 15.8 Å². The molecule has 0 saturated heterocycles. The number of hydrogen-bond donors (Lipinski definition) is 2. The Morgan fingerprint density at radius 3 is 2.86 bits per heavy atom. The van der Waals surface area contributed by atoms with Crippen LogP contribution in [0.4, 0.5) is 10.8 Å². The summed E-state index contributed by atoms with van der Waals surface area (Å²) >= 11 is 1.46. The number of nitrogens with two attached hydrogens (primary N) is 1. The average Bonchev–Trinajstić information content (AvgIpc) is 2.91. The number of anilines is 2. The molecule has 5 nitrogen and oxygen atoms in total. The maximum atomic E-state index is 12.1. The number of rotatable bonds is 4. The number of benzene rings is 1. The first-order chi connectivity index (χ1) is 10.5. The van der Waals surface area contributed by atoms with Crippen molar-refractivity contribution in [3.8, 4) is 17.6 Å². The van der Waals surface area contributed by atoms with Crippen molar-refractivity contribution in [2.75, 3.05) is 18.2 Å². The number of nitrogens with one attached hydrogen (secondary N) is 1. The van der Waals surface area contributed by atoms with E-state index in [-0.39, 0.29) is 5.78 Å². The van der Waals surface area contributed by atoms with Crippen molar-refractivity contribution in [3.05, 3.63) is 34.8 Å². The van der Waals surface area contributed by atoms with Crippen LogP contribution in [0, 0.1) is 11.8 Å². The van der Waals surface area contributed by atoms with Gasteiger partial charge in [0.05, 0.1) is 12.7 Å². The molecule has 6 heteroatoms. The van der Waals surface area contributed by atoms with Gasteiger partial charge in [0, 0.05) is 23.2 Å². The van der Waals surface area contributed by atoms with Gasteiger partial charge in [0.25, 0.3) is 0 Å². The van der Waals surface area contributed by atoms with Crippen molar-refractivity contribution in [2.24, 2.45) is 0 Å². The monoisotopic (exact) mass is 315 g/mol. The molecule has 0 aliphatic heterocycles. The number of methoxy groups -OCH3 is 1. The molecule has 2 aromatic rings. The molecule has 114 valence electrons. The third-order valence-electron chi connectivity index (χ3n) is 2.72. The molecule has 0 unspecified atom stereocenters. The lowest BCUT2D eigenvalue weighted by molar-refractivity contribution is 0.105. The second-order valence-corrected chi connectivity index (χ2v) is 5.73. The van der Waals surface area contributed by atoms with E-state index >= 15 is 0 Å². The molecule has 3 N–H and O–H groups in total. The summed E-state index contributed by atoms with van der Waals surface area (Å²) in [5, 5.41) is 5.78. The SMILES string of the molecule is COc1ccc(C(=O)C#Cc2csc(NC(C)C)n2)c(N)c1. The quantitative estimate of drug-likeness (QED) is 0.515. The summed E-state index contributed by atoms with van der Waals surface area (Å²) in [6.07, 6.45) is 0. The molecule has 1 heterocycles. The standard InChI is InChI=1S/C16H17N3O2S/c1-10(2)18-16-19-11(9-22-16)4-7-15(20)13-6-5-12(21-3)8-14(13)17/h5-6,8-10H,17H2,1-3H3,(H,18,19). The van der Waals surface area contributed by atoms with Crippen molar-refractivity contribution in [2.45, 2.75) is 19.9 Å². The zero-order valence-corrected chi connectivity index (χ0v) is 13.5. The third-order valence-corrected chi connectivity index (χ3v) is 3.50. The summed E-state index contributed by atoms with van der Waals surface area (Å²) < 4.78 is 5.05. The number of ketones is 1. The lowest BCUT2D eigenvalue weighted by atomic mass is 10.1. The molecule has 0 amide bonds. The number of hydrogen-bond acceptors (Lipinski definition) is 6. The highest BCUT2D eigenvalue weighted by molar-refractivity contribution is 7.13. The van der Waals surface area contributed by atoms with Crippen LogP contribution in [0.5, 0.6) is 5.75 Å². The van der Waals surface area contributed by atoms with E-state index in [2.05, 4.69) is 22.1 Å². The number of ether oxygens (including phenoxy) is 1. The molecule has 0 radical (unpaired) electrons. The Hall–Kier alpha value is -2.52. The van der Waals surface area contributed by atoms with Crippen LogP contribution in [-0.2, 0) is 0 Å². The Bertz CT molecular complexity index is 741. The van der Waals surface area contributed by atoms with Crippen molar-refractivity contribution >= 4 is 27.9 Å². The van der Waals surface area contributed by atoms with Crippen LogP contribution in [0.25, 0.3) is 0 Å². The first-order valence-electron chi connectivity index (χ1n) is 6.71. The predicted octanol–water partition coefficient (Wildman–Crippen LogP) is 2.79. The van der Waals surface area contributed by atoms with Gasteiger partial charge in [-0.1, -0.05) is 0 Å². The molecule has 22 heavy (non-hydrogen) atoms. The molecule has 0 aliphatic rings. The number of Topliss-reactive ketones (excluding diaryl/α,β-unsaturated/α-hetero) is 1. The van der Waals surface area contributed by atoms with Crippen LogP contribution < -0.4 is 15.8 Å². The van der Waals surface area contributed by atoms with E-state index in [4.69, 9.17) is 10.5 Å². The fraction of sp³-hybridized carbons (Fsp3) is 0.250. The van der Waals surface area contributed by atoms with E-state index in [0.717, 1.165) is 5.13 Å². The van der Waals surface area contributed by atoms with Crippen LogP contribution >= 0.6 is 11.3 Å². The number of carbonyl (C=O) groups is 1. The Kier molecular flexibility index (Phi) is 5.02. The fourth-order valence-electron chi connectivity index (χ4n) is 1.71. The zero-order chi connectivity index (χ0) is 16.1. The molecule has 0 fully saturated rings. The summed E-state index contributed by atoms with van der Waals surface area (Å²) in [7, 11) is 1.54. The van der Waals surface area contributed by atoms with Gasteiger partial charge in [0.1, 0.15) is 11.4 Å². The highest BCUT2D eigenvalue weighted by atomic mass is 32.1. The van der Waals surface area contributed by atoms with Gasteiger partial charge in [-0.25, -0.2) is 4.98 Å². The summed E-state index contributed by atoms with van der Waals surface area (Å²) in [5.74, 6) is 5.59. The zero-order valence-electron chi connectivity index (χ0n) is 12.6. The van der Waals surface area contributed by atoms with Gasteiger partial charge in [-0.2, -0.15) is 0 Å². The summed E-state index contributed by atoms with van der Waals surface area (Å²) in [6, 6.07) is 5.19. The van der Waals surface area contributed by atoms with Crippen molar-refractivity contribution in [3.63, 3.8) is 0 Å². The van der Waals surface area contributed by atoms with Crippen LogP contribution in [0.2, 0.25) is 0 Å².